The Labute approximate surface area is 249 Å². The third-order valence-corrected chi connectivity index (χ3v) is 5.63. The summed E-state index contributed by atoms with van der Waals surface area (Å²) in [6, 6.07) is 0. The molecular formula is C28H51NO13. The highest BCUT2D eigenvalue weighted by Gasteiger charge is 2.33. The van der Waals surface area contributed by atoms with Crippen LogP contribution in [0.4, 0.5) is 0 Å². The second kappa shape index (κ2) is 27.5. The lowest BCUT2D eigenvalue weighted by molar-refractivity contribution is -0.142. The number of hydrogen-bond acceptors (Lipinski definition) is 13. The normalized spacial score (nSPS) is 11.2. The molecule has 0 aliphatic carbocycles. The van der Waals surface area contributed by atoms with Crippen LogP contribution in [-0.4, -0.2) is 130 Å². The lowest BCUT2D eigenvalue weighted by atomic mass is 10.0. The van der Waals surface area contributed by atoms with E-state index < -0.39 is 5.54 Å². The number of rotatable bonds is 29. The molecule has 14 nitrogen and oxygen atoms in total. The molecule has 0 aromatic carbocycles. The van der Waals surface area contributed by atoms with Gasteiger partial charge in [0.25, 0.3) is 0 Å². The predicted molar refractivity (Wildman–Crippen MR) is 150 cm³/mol. The molecule has 0 rings (SSSR count). The van der Waals surface area contributed by atoms with E-state index in [1.165, 1.54) is 21.3 Å². The van der Waals surface area contributed by atoms with Crippen LogP contribution in [0.25, 0.3) is 0 Å². The minimum absolute atomic E-state index is 0.145. The molecule has 0 saturated carbocycles. The number of methoxy groups -OCH3 is 3. The Morgan fingerprint density at radius 2 is 0.810 bits per heavy atom. The van der Waals surface area contributed by atoms with E-state index in [-0.39, 0.29) is 89.1 Å². The van der Waals surface area contributed by atoms with Gasteiger partial charge in [0, 0.05) is 46.1 Å². The van der Waals surface area contributed by atoms with Gasteiger partial charge in [-0.05, 0) is 19.3 Å². The van der Waals surface area contributed by atoms with Crippen molar-refractivity contribution >= 4 is 23.8 Å². The van der Waals surface area contributed by atoms with Crippen molar-refractivity contribution in [3.8, 4) is 0 Å². The van der Waals surface area contributed by atoms with Crippen molar-refractivity contribution in [2.75, 3.05) is 101 Å². The molecule has 0 radical (unpaired) electrons. The van der Waals surface area contributed by atoms with Crippen LogP contribution in [0.15, 0.2) is 0 Å². The van der Waals surface area contributed by atoms with Crippen LogP contribution in [0.3, 0.4) is 0 Å². The molecule has 42 heavy (non-hydrogen) atoms. The summed E-state index contributed by atoms with van der Waals surface area (Å²) < 4.78 is 47.7. The van der Waals surface area contributed by atoms with E-state index in [1.807, 2.05) is 0 Å². The van der Waals surface area contributed by atoms with Gasteiger partial charge in [-0.1, -0.05) is 6.92 Å². The van der Waals surface area contributed by atoms with Crippen molar-refractivity contribution < 1.29 is 61.8 Å². The van der Waals surface area contributed by atoms with E-state index in [0.717, 1.165) is 0 Å². The number of hydrogen-bond donors (Lipinski definition) is 1. The summed E-state index contributed by atoms with van der Waals surface area (Å²) >= 11 is 0. The molecule has 0 spiro atoms. The summed E-state index contributed by atoms with van der Waals surface area (Å²) in [5.41, 5.74) is -0.934. The first-order chi connectivity index (χ1) is 20.3. The summed E-state index contributed by atoms with van der Waals surface area (Å²) in [7, 11) is 3.99. The molecule has 1 amide bonds. The van der Waals surface area contributed by atoms with Crippen LogP contribution in [0.2, 0.25) is 0 Å². The smallest absolute Gasteiger partial charge is 0.307 e. The monoisotopic (exact) mass is 609 g/mol. The van der Waals surface area contributed by atoms with Crippen LogP contribution >= 0.6 is 0 Å². The number of nitrogens with one attached hydrogen (secondary N) is 1. The highest BCUT2D eigenvalue weighted by atomic mass is 16.5. The van der Waals surface area contributed by atoms with Crippen molar-refractivity contribution in [1.29, 1.82) is 0 Å². The fourth-order valence-corrected chi connectivity index (χ4v) is 3.29. The van der Waals surface area contributed by atoms with Crippen molar-refractivity contribution in [3.63, 3.8) is 0 Å². The van der Waals surface area contributed by atoms with Gasteiger partial charge in [0.05, 0.1) is 80.2 Å². The maximum absolute atomic E-state index is 12.4. The lowest BCUT2D eigenvalue weighted by Gasteiger charge is -2.34. The number of amides is 1. The Balaban J connectivity index is 4.77. The van der Waals surface area contributed by atoms with Gasteiger partial charge < -0.3 is 47.9 Å². The van der Waals surface area contributed by atoms with Gasteiger partial charge >= 0.3 is 17.9 Å². The summed E-state index contributed by atoms with van der Waals surface area (Å²) in [6.45, 7) is 5.31. The molecule has 0 aromatic heterocycles. The Morgan fingerprint density at radius 3 is 1.10 bits per heavy atom. The molecule has 246 valence electrons. The molecule has 0 heterocycles. The van der Waals surface area contributed by atoms with Gasteiger partial charge in [0.15, 0.2) is 0 Å². The number of carbonyl (C=O) groups is 4. The van der Waals surface area contributed by atoms with Crippen LogP contribution in [0.5, 0.6) is 0 Å². The molecule has 1 N–H and O–H groups in total. The van der Waals surface area contributed by atoms with Crippen molar-refractivity contribution in [3.05, 3.63) is 0 Å². The third kappa shape index (κ3) is 23.2. The second-order valence-electron chi connectivity index (χ2n) is 9.22. The Kier molecular flexibility index (Phi) is 25.9. The minimum atomic E-state index is -0.934. The van der Waals surface area contributed by atoms with E-state index in [1.54, 1.807) is 6.92 Å². The highest BCUT2D eigenvalue weighted by molar-refractivity contribution is 5.76. The van der Waals surface area contributed by atoms with Crippen LogP contribution in [-0.2, 0) is 61.8 Å². The Morgan fingerprint density at radius 1 is 0.500 bits per heavy atom. The fraction of sp³-hybridized carbons (Fsp3) is 0.857. The summed E-state index contributed by atoms with van der Waals surface area (Å²) in [6.07, 6.45) is 2.60. The third-order valence-electron chi connectivity index (χ3n) is 5.63. The lowest BCUT2D eigenvalue weighted by Crippen LogP contribution is -2.58. The zero-order chi connectivity index (χ0) is 31.3. The highest BCUT2D eigenvalue weighted by Crippen LogP contribution is 2.11. The van der Waals surface area contributed by atoms with E-state index in [2.05, 4.69) is 19.5 Å². The molecule has 0 aliphatic rings. The molecule has 0 aliphatic heterocycles. The maximum Gasteiger partial charge on any atom is 0.307 e. The van der Waals surface area contributed by atoms with Gasteiger partial charge in [-0.25, -0.2) is 0 Å². The fourth-order valence-electron chi connectivity index (χ4n) is 3.29. The van der Waals surface area contributed by atoms with E-state index in [0.29, 0.717) is 58.9 Å². The molecular weight excluding hydrogens is 558 g/mol. The zero-order valence-corrected chi connectivity index (χ0v) is 25.7. The summed E-state index contributed by atoms with van der Waals surface area (Å²) in [4.78, 5) is 45.9. The zero-order valence-electron chi connectivity index (χ0n) is 25.7. The second-order valence-corrected chi connectivity index (χ2v) is 9.22. The van der Waals surface area contributed by atoms with Gasteiger partial charge in [-0.15, -0.1) is 0 Å². The maximum atomic E-state index is 12.4. The average Bonchev–Trinajstić information content (AvgIpc) is 3.00. The summed E-state index contributed by atoms with van der Waals surface area (Å²) in [5.74, 6) is -1.16. The molecule has 0 atom stereocenters. The number of carbonyl (C=O) groups excluding carboxylic acids is 4. The van der Waals surface area contributed by atoms with Crippen LogP contribution < -0.4 is 5.32 Å². The number of esters is 3. The Hall–Kier alpha value is -2.36. The first kappa shape index (κ1) is 39.6. The van der Waals surface area contributed by atoms with Crippen molar-refractivity contribution in [2.24, 2.45) is 0 Å². The molecule has 0 saturated heterocycles. The van der Waals surface area contributed by atoms with Crippen LogP contribution in [0, 0.1) is 0 Å². The van der Waals surface area contributed by atoms with E-state index in [4.69, 9.17) is 28.4 Å². The van der Waals surface area contributed by atoms with Gasteiger partial charge in [0.2, 0.25) is 5.91 Å². The number of ether oxygens (including phenoxy) is 9. The van der Waals surface area contributed by atoms with Gasteiger partial charge in [0.1, 0.15) is 5.54 Å². The Bertz CT molecular complexity index is 641. The van der Waals surface area contributed by atoms with Crippen LogP contribution in [0.1, 0.15) is 51.9 Å². The minimum Gasteiger partial charge on any atom is -0.469 e. The first-order valence-electron chi connectivity index (χ1n) is 14.3. The first-order valence-corrected chi connectivity index (χ1v) is 14.3. The van der Waals surface area contributed by atoms with Gasteiger partial charge in [-0.2, -0.15) is 0 Å². The van der Waals surface area contributed by atoms with Gasteiger partial charge in [-0.3, -0.25) is 19.2 Å². The van der Waals surface area contributed by atoms with Crippen molar-refractivity contribution in [1.82, 2.24) is 5.32 Å². The molecule has 14 heteroatoms. The molecule has 0 fully saturated rings. The van der Waals surface area contributed by atoms with E-state index >= 15 is 0 Å². The predicted octanol–water partition coefficient (Wildman–Crippen LogP) is 1.21. The largest absolute Gasteiger partial charge is 0.469 e. The summed E-state index contributed by atoms with van der Waals surface area (Å²) in [5, 5.41) is 3.01. The molecule has 0 unspecified atom stereocenters. The molecule has 0 bridgehead atoms. The van der Waals surface area contributed by atoms with Crippen molar-refractivity contribution in [2.45, 2.75) is 57.4 Å². The standard InChI is InChI=1S/C28H51NO13/c1-5-24(30)29-28(21-40-15-6-12-37-18-9-25(31)34-2,22-41-16-7-13-38-19-10-26(32)35-3)23-42-17-8-14-39-20-11-27(33)36-4/h5-23H2,1-4H3,(H,29,30). The molecule has 0 aromatic rings. The SMILES string of the molecule is CCC(=O)NC(COCCCOCCC(=O)OC)(COCCCOCCC(=O)OC)COCCCOCCC(=O)OC. The van der Waals surface area contributed by atoms with E-state index in [9.17, 15) is 19.2 Å². The topological polar surface area (TPSA) is 163 Å². The average molecular weight is 610 g/mol. The quantitative estimate of drug-likeness (QED) is 0.0732.